The second-order valence-electron chi connectivity index (χ2n) is 10.6. The zero-order chi connectivity index (χ0) is 25.9. The first kappa shape index (κ1) is 22.4. The lowest BCUT2D eigenvalue weighted by atomic mass is 9.88. The van der Waals surface area contributed by atoms with Gasteiger partial charge in [0, 0.05) is 53.9 Å². The van der Waals surface area contributed by atoms with Crippen molar-refractivity contribution in [3.63, 3.8) is 0 Å². The van der Waals surface area contributed by atoms with E-state index in [0.29, 0.717) is 0 Å². The van der Waals surface area contributed by atoms with Gasteiger partial charge >= 0.3 is 0 Å². The molecule has 0 aliphatic heterocycles. The van der Waals surface area contributed by atoms with Gasteiger partial charge in [0.2, 0.25) is 5.78 Å². The van der Waals surface area contributed by atoms with Gasteiger partial charge in [-0.2, -0.15) is 0 Å². The Labute approximate surface area is 220 Å². The molecule has 0 radical (unpaired) electrons. The molecule has 6 nitrogen and oxygen atoms in total. The SMILES string of the molecule is CC(C)(C)c1ccnc(-n2c3ccccc3c3ccc(Oc4cccc(-n5ccn6ccnc56)c4)cc32)c1. The number of imidazole rings is 2. The van der Waals surface area contributed by atoms with E-state index in [-0.39, 0.29) is 5.41 Å². The van der Waals surface area contributed by atoms with E-state index in [4.69, 9.17) is 9.72 Å². The summed E-state index contributed by atoms with van der Waals surface area (Å²) in [6, 6.07) is 27.1. The summed E-state index contributed by atoms with van der Waals surface area (Å²) < 4.78 is 12.7. The summed E-state index contributed by atoms with van der Waals surface area (Å²) in [6.07, 6.45) is 9.63. The van der Waals surface area contributed by atoms with Crippen LogP contribution in [0.1, 0.15) is 26.3 Å². The van der Waals surface area contributed by atoms with Crippen LogP contribution >= 0.6 is 0 Å². The first-order valence-corrected chi connectivity index (χ1v) is 12.7. The number of para-hydroxylation sites is 1. The van der Waals surface area contributed by atoms with Crippen LogP contribution in [0.5, 0.6) is 11.5 Å². The molecule has 3 aromatic carbocycles. The maximum atomic E-state index is 6.41. The van der Waals surface area contributed by atoms with Crippen LogP contribution in [0, 0.1) is 0 Å². The van der Waals surface area contributed by atoms with E-state index >= 15 is 0 Å². The number of pyridine rings is 1. The topological polar surface area (TPSA) is 49.3 Å². The van der Waals surface area contributed by atoms with Crippen LogP contribution in [0.4, 0.5) is 0 Å². The highest BCUT2D eigenvalue weighted by Gasteiger charge is 2.18. The van der Waals surface area contributed by atoms with Gasteiger partial charge in [-0.25, -0.2) is 9.97 Å². The third kappa shape index (κ3) is 3.65. The van der Waals surface area contributed by atoms with Gasteiger partial charge in [-0.15, -0.1) is 0 Å². The summed E-state index contributed by atoms with van der Waals surface area (Å²) in [5, 5.41) is 2.36. The average molecular weight is 498 g/mol. The molecule has 0 atom stereocenters. The Morgan fingerprint density at radius 3 is 2.42 bits per heavy atom. The van der Waals surface area contributed by atoms with Crippen LogP contribution in [0.3, 0.4) is 0 Å². The third-order valence-corrected chi connectivity index (χ3v) is 7.06. The van der Waals surface area contributed by atoms with Gasteiger partial charge in [0.1, 0.15) is 17.3 Å². The number of rotatable bonds is 4. The van der Waals surface area contributed by atoms with Gasteiger partial charge in [0.15, 0.2) is 0 Å². The fraction of sp³-hybridized carbons (Fsp3) is 0.125. The van der Waals surface area contributed by atoms with Gasteiger partial charge in [0.25, 0.3) is 0 Å². The molecule has 0 aliphatic carbocycles. The molecule has 186 valence electrons. The normalized spacial score (nSPS) is 12.1. The fourth-order valence-electron chi connectivity index (χ4n) is 5.12. The molecule has 0 saturated carbocycles. The molecule has 0 bridgehead atoms. The Hall–Kier alpha value is -4.84. The summed E-state index contributed by atoms with van der Waals surface area (Å²) in [7, 11) is 0. The van der Waals surface area contributed by atoms with Crippen LogP contribution in [0.2, 0.25) is 0 Å². The van der Waals surface area contributed by atoms with E-state index in [9.17, 15) is 0 Å². The Balaban J connectivity index is 1.34. The summed E-state index contributed by atoms with van der Waals surface area (Å²) in [4.78, 5) is 9.24. The average Bonchev–Trinajstić information content (AvgIpc) is 3.62. The minimum atomic E-state index is 0.0252. The minimum absolute atomic E-state index is 0.0252. The predicted molar refractivity (Wildman–Crippen MR) is 152 cm³/mol. The van der Waals surface area contributed by atoms with Crippen LogP contribution in [-0.2, 0) is 5.41 Å². The highest BCUT2D eigenvalue weighted by molar-refractivity contribution is 6.09. The maximum Gasteiger partial charge on any atom is 0.218 e. The molecule has 0 saturated heterocycles. The molecular formula is C32H27N5O. The van der Waals surface area contributed by atoms with E-state index in [1.807, 2.05) is 58.0 Å². The smallest absolute Gasteiger partial charge is 0.218 e. The maximum absolute atomic E-state index is 6.41. The van der Waals surface area contributed by atoms with E-state index in [1.165, 1.54) is 16.3 Å². The standard InChI is InChI=1S/C32H27N5O/c1-32(2,3)22-13-14-33-30(19-22)37-28-10-5-4-9-26(28)27-12-11-25(21-29(27)37)38-24-8-6-7-23(20-24)36-18-17-35-16-15-34-31(35)36/h4-21H,1-3H3. The van der Waals surface area contributed by atoms with Gasteiger partial charge < -0.3 is 4.74 Å². The Bertz CT molecular complexity index is 1950. The van der Waals surface area contributed by atoms with Gasteiger partial charge in [-0.05, 0) is 53.4 Å². The molecule has 0 spiro atoms. The molecule has 4 aromatic heterocycles. The molecule has 7 aromatic rings. The number of nitrogens with zero attached hydrogens (tertiary/aromatic N) is 5. The molecule has 6 heteroatoms. The molecule has 0 aliphatic rings. The van der Waals surface area contributed by atoms with Gasteiger partial charge in [-0.3, -0.25) is 13.5 Å². The lowest BCUT2D eigenvalue weighted by Crippen LogP contribution is -2.12. The number of aromatic nitrogens is 5. The van der Waals surface area contributed by atoms with Crippen molar-refractivity contribution in [1.29, 1.82) is 0 Å². The molecule has 0 N–H and O–H groups in total. The summed E-state index contributed by atoms with van der Waals surface area (Å²) in [5.41, 5.74) is 4.44. The molecule has 0 unspecified atom stereocenters. The predicted octanol–water partition coefficient (Wildman–Crippen LogP) is 7.71. The van der Waals surface area contributed by atoms with Crippen molar-refractivity contribution >= 4 is 27.6 Å². The van der Waals surface area contributed by atoms with Crippen LogP contribution < -0.4 is 4.74 Å². The van der Waals surface area contributed by atoms with Crippen molar-refractivity contribution < 1.29 is 4.74 Å². The lowest BCUT2D eigenvalue weighted by molar-refractivity contribution is 0.483. The monoisotopic (exact) mass is 497 g/mol. The summed E-state index contributed by atoms with van der Waals surface area (Å²) in [6.45, 7) is 6.68. The third-order valence-electron chi connectivity index (χ3n) is 7.06. The molecule has 0 amide bonds. The van der Waals surface area contributed by atoms with Crippen LogP contribution in [0.15, 0.2) is 110 Å². The highest BCUT2D eigenvalue weighted by Crippen LogP contribution is 2.36. The van der Waals surface area contributed by atoms with Crippen molar-refractivity contribution in [2.75, 3.05) is 0 Å². The Morgan fingerprint density at radius 2 is 1.53 bits per heavy atom. The number of ether oxygens (including phenoxy) is 1. The molecule has 0 fully saturated rings. The second kappa shape index (κ2) is 8.35. The van der Waals surface area contributed by atoms with Crippen molar-refractivity contribution in [1.82, 2.24) is 23.5 Å². The van der Waals surface area contributed by atoms with Gasteiger partial charge in [0.05, 0.1) is 16.7 Å². The largest absolute Gasteiger partial charge is 0.457 e. The van der Waals surface area contributed by atoms with Crippen LogP contribution in [0.25, 0.3) is 39.1 Å². The number of fused-ring (bicyclic) bond motifs is 4. The summed E-state index contributed by atoms with van der Waals surface area (Å²) in [5.74, 6) is 3.29. The van der Waals surface area contributed by atoms with Crippen molar-refractivity contribution in [2.45, 2.75) is 26.2 Å². The number of benzene rings is 3. The molecule has 38 heavy (non-hydrogen) atoms. The quantitative estimate of drug-likeness (QED) is 0.250. The van der Waals surface area contributed by atoms with E-state index in [2.05, 4.69) is 84.9 Å². The molecule has 4 heterocycles. The van der Waals surface area contributed by atoms with Crippen molar-refractivity contribution in [2.24, 2.45) is 0 Å². The molecule has 7 rings (SSSR count). The first-order chi connectivity index (χ1) is 18.5. The minimum Gasteiger partial charge on any atom is -0.457 e. The van der Waals surface area contributed by atoms with Gasteiger partial charge in [-0.1, -0.05) is 45.0 Å². The summed E-state index contributed by atoms with van der Waals surface area (Å²) >= 11 is 0. The molecular weight excluding hydrogens is 470 g/mol. The van der Waals surface area contributed by atoms with E-state index < -0.39 is 0 Å². The first-order valence-electron chi connectivity index (χ1n) is 12.7. The number of hydrogen-bond donors (Lipinski definition) is 0. The highest BCUT2D eigenvalue weighted by atomic mass is 16.5. The second-order valence-corrected chi connectivity index (χ2v) is 10.6. The Kier molecular flexibility index (Phi) is 4.91. The number of hydrogen-bond acceptors (Lipinski definition) is 3. The van der Waals surface area contributed by atoms with Crippen molar-refractivity contribution in [3.8, 4) is 23.0 Å². The van der Waals surface area contributed by atoms with E-state index in [0.717, 1.165) is 39.8 Å². The van der Waals surface area contributed by atoms with Crippen molar-refractivity contribution in [3.05, 3.63) is 115 Å². The fourth-order valence-corrected chi connectivity index (χ4v) is 5.12. The zero-order valence-corrected chi connectivity index (χ0v) is 21.5. The Morgan fingerprint density at radius 1 is 0.684 bits per heavy atom. The van der Waals surface area contributed by atoms with Crippen LogP contribution in [-0.4, -0.2) is 23.5 Å². The van der Waals surface area contributed by atoms with E-state index in [1.54, 1.807) is 6.20 Å². The zero-order valence-electron chi connectivity index (χ0n) is 21.5. The lowest BCUT2D eigenvalue weighted by Gasteiger charge is -2.20.